The lowest BCUT2D eigenvalue weighted by Gasteiger charge is -2.26. The molecule has 2 amide bonds. The van der Waals surface area contributed by atoms with E-state index in [1.165, 1.54) is 0 Å². The van der Waals surface area contributed by atoms with E-state index in [9.17, 15) is 9.59 Å². The van der Waals surface area contributed by atoms with Gasteiger partial charge in [-0.25, -0.2) is 4.79 Å². The number of carbonyl (C=O) groups excluding carboxylic acids is 2. The molecular formula is C14H28N2O3. The van der Waals surface area contributed by atoms with Gasteiger partial charge in [-0.05, 0) is 40.5 Å². The van der Waals surface area contributed by atoms with E-state index >= 15 is 0 Å². The Bertz CT molecular complexity index is 308. The lowest BCUT2D eigenvalue weighted by molar-refractivity contribution is -0.124. The Morgan fingerprint density at radius 1 is 1.11 bits per heavy atom. The highest BCUT2D eigenvalue weighted by atomic mass is 16.6. The van der Waals surface area contributed by atoms with E-state index in [2.05, 4.69) is 10.6 Å². The highest BCUT2D eigenvalue weighted by molar-refractivity contribution is 5.86. The predicted octanol–water partition coefficient (Wildman–Crippen LogP) is 2.45. The number of alkyl carbamates (subject to hydrolysis) is 1. The van der Waals surface area contributed by atoms with Crippen LogP contribution in [0.2, 0.25) is 0 Å². The monoisotopic (exact) mass is 272 g/mol. The second-order valence-corrected chi connectivity index (χ2v) is 6.17. The largest absolute Gasteiger partial charge is 0.444 e. The van der Waals surface area contributed by atoms with Crippen LogP contribution < -0.4 is 10.6 Å². The molecule has 0 aromatic carbocycles. The van der Waals surface area contributed by atoms with Gasteiger partial charge in [0.15, 0.2) is 0 Å². The molecule has 0 radical (unpaired) electrons. The van der Waals surface area contributed by atoms with Gasteiger partial charge < -0.3 is 15.4 Å². The molecule has 0 saturated carbocycles. The maximum absolute atomic E-state index is 12.1. The Labute approximate surface area is 116 Å². The molecule has 0 bridgehead atoms. The molecule has 0 spiro atoms. The van der Waals surface area contributed by atoms with Crippen LogP contribution in [-0.4, -0.2) is 29.7 Å². The summed E-state index contributed by atoms with van der Waals surface area (Å²) in [5.41, 5.74) is -0.571. The van der Waals surface area contributed by atoms with Crippen LogP contribution in [-0.2, 0) is 9.53 Å². The van der Waals surface area contributed by atoms with Crippen molar-refractivity contribution < 1.29 is 14.3 Å². The molecule has 112 valence electrons. The third kappa shape index (κ3) is 7.70. The Balaban J connectivity index is 4.69. The van der Waals surface area contributed by atoms with Gasteiger partial charge in [-0.2, -0.15) is 0 Å². The molecule has 0 saturated heterocycles. The van der Waals surface area contributed by atoms with Gasteiger partial charge in [-0.3, -0.25) is 4.79 Å². The maximum Gasteiger partial charge on any atom is 0.408 e. The third-order valence-corrected chi connectivity index (χ3v) is 2.60. The van der Waals surface area contributed by atoms with Gasteiger partial charge in [0.2, 0.25) is 5.91 Å². The van der Waals surface area contributed by atoms with Crippen molar-refractivity contribution in [2.75, 3.05) is 0 Å². The number of carbonyl (C=O) groups is 2. The first-order valence-corrected chi connectivity index (χ1v) is 6.86. The lowest BCUT2D eigenvalue weighted by Crippen LogP contribution is -2.52. The van der Waals surface area contributed by atoms with Crippen LogP contribution in [0.5, 0.6) is 0 Å². The van der Waals surface area contributed by atoms with E-state index < -0.39 is 17.7 Å². The molecule has 0 fully saturated rings. The van der Waals surface area contributed by atoms with Crippen LogP contribution in [0.15, 0.2) is 0 Å². The first-order chi connectivity index (χ1) is 8.56. The van der Waals surface area contributed by atoms with Crippen LogP contribution in [0.3, 0.4) is 0 Å². The van der Waals surface area contributed by atoms with Crippen molar-refractivity contribution in [1.29, 1.82) is 0 Å². The SMILES string of the molecule is CCC(C)C(NC(=O)OC(C)(C)C)C(=O)NC(C)C. The van der Waals surface area contributed by atoms with Gasteiger partial charge in [-0.15, -0.1) is 0 Å². The number of rotatable bonds is 5. The highest BCUT2D eigenvalue weighted by Gasteiger charge is 2.28. The molecule has 0 aromatic rings. The average Bonchev–Trinajstić information content (AvgIpc) is 2.21. The summed E-state index contributed by atoms with van der Waals surface area (Å²) in [5.74, 6) is -0.124. The van der Waals surface area contributed by atoms with Crippen molar-refractivity contribution in [1.82, 2.24) is 10.6 Å². The van der Waals surface area contributed by atoms with Gasteiger partial charge in [-0.1, -0.05) is 20.3 Å². The molecule has 2 unspecified atom stereocenters. The number of hydrogen-bond donors (Lipinski definition) is 2. The molecule has 0 aliphatic rings. The standard InChI is InChI=1S/C14H28N2O3/c1-8-10(4)11(12(17)15-9(2)3)16-13(18)19-14(5,6)7/h9-11H,8H2,1-7H3,(H,15,17)(H,16,18). The summed E-state index contributed by atoms with van der Waals surface area (Å²) in [7, 11) is 0. The van der Waals surface area contributed by atoms with E-state index in [1.54, 1.807) is 20.8 Å². The Morgan fingerprint density at radius 2 is 1.63 bits per heavy atom. The van der Waals surface area contributed by atoms with E-state index in [0.717, 1.165) is 6.42 Å². The fourth-order valence-electron chi connectivity index (χ4n) is 1.51. The van der Waals surface area contributed by atoms with Crippen LogP contribution >= 0.6 is 0 Å². The van der Waals surface area contributed by atoms with E-state index in [0.29, 0.717) is 0 Å². The first kappa shape index (κ1) is 17.7. The Kier molecular flexibility index (Phi) is 6.87. The second kappa shape index (κ2) is 7.36. The number of nitrogens with one attached hydrogen (secondary N) is 2. The fourth-order valence-corrected chi connectivity index (χ4v) is 1.51. The van der Waals surface area contributed by atoms with Crippen molar-refractivity contribution in [2.45, 2.75) is 72.6 Å². The molecule has 5 heteroatoms. The zero-order valence-electron chi connectivity index (χ0n) is 13.2. The van der Waals surface area contributed by atoms with Crippen molar-refractivity contribution in [3.05, 3.63) is 0 Å². The van der Waals surface area contributed by atoms with Gasteiger partial charge >= 0.3 is 6.09 Å². The van der Waals surface area contributed by atoms with E-state index in [1.807, 2.05) is 27.7 Å². The number of hydrogen-bond acceptors (Lipinski definition) is 3. The molecule has 0 heterocycles. The zero-order chi connectivity index (χ0) is 15.2. The van der Waals surface area contributed by atoms with Crippen LogP contribution in [0, 0.1) is 5.92 Å². The van der Waals surface area contributed by atoms with Crippen LogP contribution in [0.1, 0.15) is 54.9 Å². The maximum atomic E-state index is 12.1. The summed E-state index contributed by atoms with van der Waals surface area (Å²) >= 11 is 0. The van der Waals surface area contributed by atoms with Gasteiger partial charge in [0.1, 0.15) is 11.6 Å². The quantitative estimate of drug-likeness (QED) is 0.808. The molecule has 19 heavy (non-hydrogen) atoms. The molecule has 0 aliphatic carbocycles. The second-order valence-electron chi connectivity index (χ2n) is 6.17. The van der Waals surface area contributed by atoms with Gasteiger partial charge in [0, 0.05) is 6.04 Å². The van der Waals surface area contributed by atoms with Crippen LogP contribution in [0.4, 0.5) is 4.79 Å². The first-order valence-electron chi connectivity index (χ1n) is 6.86. The lowest BCUT2D eigenvalue weighted by atomic mass is 9.98. The third-order valence-electron chi connectivity index (χ3n) is 2.60. The normalized spacial score (nSPS) is 14.7. The van der Waals surface area contributed by atoms with Crippen molar-refractivity contribution in [2.24, 2.45) is 5.92 Å². The molecule has 0 rings (SSSR count). The molecule has 5 nitrogen and oxygen atoms in total. The summed E-state index contributed by atoms with van der Waals surface area (Å²) in [4.78, 5) is 23.8. The molecule has 0 aliphatic heterocycles. The average molecular weight is 272 g/mol. The molecular weight excluding hydrogens is 244 g/mol. The Morgan fingerprint density at radius 3 is 2.00 bits per heavy atom. The van der Waals surface area contributed by atoms with Crippen LogP contribution in [0.25, 0.3) is 0 Å². The molecule has 2 N–H and O–H groups in total. The Hall–Kier alpha value is -1.26. The number of ether oxygens (including phenoxy) is 1. The van der Waals surface area contributed by atoms with Crippen molar-refractivity contribution in [3.63, 3.8) is 0 Å². The minimum atomic E-state index is -0.571. The molecule has 0 aromatic heterocycles. The van der Waals surface area contributed by atoms with Gasteiger partial charge in [0.25, 0.3) is 0 Å². The summed E-state index contributed by atoms with van der Waals surface area (Å²) < 4.78 is 5.19. The summed E-state index contributed by atoms with van der Waals surface area (Å²) in [6, 6.07) is -0.526. The molecule has 2 atom stereocenters. The summed E-state index contributed by atoms with van der Waals surface area (Å²) in [6.45, 7) is 13.1. The highest BCUT2D eigenvalue weighted by Crippen LogP contribution is 2.11. The minimum absolute atomic E-state index is 0.0412. The summed E-state index contributed by atoms with van der Waals surface area (Å²) in [5, 5.41) is 5.47. The number of amides is 2. The van der Waals surface area contributed by atoms with E-state index in [4.69, 9.17) is 4.74 Å². The zero-order valence-corrected chi connectivity index (χ0v) is 13.2. The smallest absolute Gasteiger partial charge is 0.408 e. The topological polar surface area (TPSA) is 67.4 Å². The fraction of sp³-hybridized carbons (Fsp3) is 0.857. The van der Waals surface area contributed by atoms with E-state index in [-0.39, 0.29) is 17.9 Å². The predicted molar refractivity (Wildman–Crippen MR) is 75.9 cm³/mol. The van der Waals surface area contributed by atoms with Crippen molar-refractivity contribution >= 4 is 12.0 Å². The minimum Gasteiger partial charge on any atom is -0.444 e. The van der Waals surface area contributed by atoms with Gasteiger partial charge in [0.05, 0.1) is 0 Å². The van der Waals surface area contributed by atoms with Crippen molar-refractivity contribution in [3.8, 4) is 0 Å². The summed E-state index contributed by atoms with van der Waals surface area (Å²) in [6.07, 6.45) is 0.239.